The molecular formula is C17H26N2O6. The lowest BCUT2D eigenvalue weighted by atomic mass is 10.1. The summed E-state index contributed by atoms with van der Waals surface area (Å²) < 4.78 is 6.41. The minimum atomic E-state index is -1.37. The quantitative estimate of drug-likeness (QED) is 0.479. The van der Waals surface area contributed by atoms with Crippen LogP contribution in [-0.2, 0) is 4.74 Å². The van der Waals surface area contributed by atoms with Crippen LogP contribution in [0.25, 0.3) is 0 Å². The monoisotopic (exact) mass is 354 g/mol. The molecule has 1 aromatic rings. The summed E-state index contributed by atoms with van der Waals surface area (Å²) in [5.41, 5.74) is -0.681. The van der Waals surface area contributed by atoms with Gasteiger partial charge in [-0.05, 0) is 18.6 Å². The maximum absolute atomic E-state index is 12.5. The maximum Gasteiger partial charge on any atom is 0.265 e. The second-order valence-electron chi connectivity index (χ2n) is 6.18. The Morgan fingerprint density at radius 3 is 2.68 bits per heavy atom. The van der Waals surface area contributed by atoms with Crippen molar-refractivity contribution in [3.63, 3.8) is 0 Å². The second-order valence-corrected chi connectivity index (χ2v) is 6.18. The van der Waals surface area contributed by atoms with Crippen LogP contribution in [0.2, 0.25) is 0 Å². The van der Waals surface area contributed by atoms with Gasteiger partial charge in [-0.3, -0.25) is 14.2 Å². The zero-order chi connectivity index (χ0) is 18.4. The van der Waals surface area contributed by atoms with Gasteiger partial charge in [0.15, 0.2) is 6.23 Å². The summed E-state index contributed by atoms with van der Waals surface area (Å²) in [4.78, 5) is 24.8. The number of aliphatic hydroxyl groups excluding tert-OH is 3. The van der Waals surface area contributed by atoms with Gasteiger partial charge in [0.25, 0.3) is 11.5 Å². The van der Waals surface area contributed by atoms with Crippen LogP contribution in [0.15, 0.2) is 23.1 Å². The minimum Gasteiger partial charge on any atom is -0.394 e. The normalized spacial score (nSPS) is 25.9. The Balaban J connectivity index is 2.09. The van der Waals surface area contributed by atoms with Crippen molar-refractivity contribution in [2.75, 3.05) is 13.2 Å². The molecule has 1 aliphatic rings. The number of unbranched alkanes of at least 4 members (excludes halogenated alkanes) is 3. The number of amides is 1. The van der Waals surface area contributed by atoms with Crippen molar-refractivity contribution in [2.45, 2.75) is 57.1 Å². The van der Waals surface area contributed by atoms with E-state index >= 15 is 0 Å². The van der Waals surface area contributed by atoms with Crippen molar-refractivity contribution < 1.29 is 24.9 Å². The molecule has 0 saturated carbocycles. The number of pyridine rings is 1. The molecule has 25 heavy (non-hydrogen) atoms. The summed E-state index contributed by atoms with van der Waals surface area (Å²) in [6.07, 6.45) is 0.607. The number of carbonyl (C=O) groups excluding carboxylic acids is 1. The van der Waals surface area contributed by atoms with Gasteiger partial charge >= 0.3 is 0 Å². The molecule has 1 aliphatic heterocycles. The van der Waals surface area contributed by atoms with E-state index < -0.39 is 42.6 Å². The van der Waals surface area contributed by atoms with E-state index in [1.165, 1.54) is 18.3 Å². The van der Waals surface area contributed by atoms with E-state index in [1.54, 1.807) is 0 Å². The highest BCUT2D eigenvalue weighted by Gasteiger charge is 2.43. The number of hydrogen-bond donors (Lipinski definition) is 4. The van der Waals surface area contributed by atoms with E-state index in [-0.39, 0.29) is 5.56 Å². The van der Waals surface area contributed by atoms with Gasteiger partial charge < -0.3 is 25.4 Å². The molecule has 140 valence electrons. The van der Waals surface area contributed by atoms with Crippen molar-refractivity contribution in [3.05, 3.63) is 34.2 Å². The smallest absolute Gasteiger partial charge is 0.265 e. The zero-order valence-corrected chi connectivity index (χ0v) is 14.3. The first-order valence-corrected chi connectivity index (χ1v) is 8.63. The highest BCUT2D eigenvalue weighted by molar-refractivity contribution is 5.93. The van der Waals surface area contributed by atoms with Crippen LogP contribution in [0.3, 0.4) is 0 Å². The van der Waals surface area contributed by atoms with Crippen molar-refractivity contribution >= 4 is 5.91 Å². The zero-order valence-electron chi connectivity index (χ0n) is 14.3. The van der Waals surface area contributed by atoms with Crippen LogP contribution in [0.1, 0.15) is 49.2 Å². The Labute approximate surface area is 146 Å². The molecule has 0 unspecified atom stereocenters. The number of ether oxygens (including phenoxy) is 1. The summed E-state index contributed by atoms with van der Waals surface area (Å²) >= 11 is 0. The predicted octanol–water partition coefficient (Wildman–Crippen LogP) is -0.230. The van der Waals surface area contributed by atoms with E-state index in [1.807, 2.05) is 0 Å². The Kier molecular flexibility index (Phi) is 7.12. The number of rotatable bonds is 8. The number of carbonyl (C=O) groups is 1. The molecule has 1 fully saturated rings. The van der Waals surface area contributed by atoms with E-state index in [4.69, 9.17) is 9.84 Å². The molecule has 1 saturated heterocycles. The Bertz CT molecular complexity index is 632. The molecular weight excluding hydrogens is 328 g/mol. The SMILES string of the molecule is CCCCCCNC(=O)c1cccn([C@@H]2O[C@H](CO)[C@@H](O)[C@H]2O)c1=O. The van der Waals surface area contributed by atoms with Crippen molar-refractivity contribution in [2.24, 2.45) is 0 Å². The molecule has 0 bridgehead atoms. The van der Waals surface area contributed by atoms with Gasteiger partial charge in [0.1, 0.15) is 23.9 Å². The topological polar surface area (TPSA) is 121 Å². The highest BCUT2D eigenvalue weighted by Crippen LogP contribution is 2.28. The second kappa shape index (κ2) is 9.10. The fourth-order valence-electron chi connectivity index (χ4n) is 2.84. The van der Waals surface area contributed by atoms with Gasteiger partial charge in [0.05, 0.1) is 6.61 Å². The summed E-state index contributed by atoms with van der Waals surface area (Å²) in [5, 5.41) is 31.7. The first kappa shape index (κ1) is 19.6. The minimum absolute atomic E-state index is 0.0595. The van der Waals surface area contributed by atoms with E-state index in [9.17, 15) is 19.8 Å². The summed E-state index contributed by atoms with van der Waals surface area (Å²) in [6, 6.07) is 2.91. The van der Waals surface area contributed by atoms with E-state index in [2.05, 4.69) is 12.2 Å². The fraction of sp³-hybridized carbons (Fsp3) is 0.647. The average molecular weight is 354 g/mol. The lowest BCUT2D eigenvalue weighted by molar-refractivity contribution is -0.0544. The fourth-order valence-corrected chi connectivity index (χ4v) is 2.84. The van der Waals surface area contributed by atoms with Gasteiger partial charge in [0, 0.05) is 12.7 Å². The third-order valence-electron chi connectivity index (χ3n) is 4.33. The number of hydrogen-bond acceptors (Lipinski definition) is 6. The molecule has 8 heteroatoms. The first-order chi connectivity index (χ1) is 12.0. The van der Waals surface area contributed by atoms with Crippen molar-refractivity contribution in [1.82, 2.24) is 9.88 Å². The van der Waals surface area contributed by atoms with Crippen LogP contribution in [0.4, 0.5) is 0 Å². The van der Waals surface area contributed by atoms with Crippen molar-refractivity contribution in [1.29, 1.82) is 0 Å². The number of nitrogens with one attached hydrogen (secondary N) is 1. The summed E-state index contributed by atoms with van der Waals surface area (Å²) in [7, 11) is 0. The third-order valence-corrected chi connectivity index (χ3v) is 4.33. The first-order valence-electron chi connectivity index (χ1n) is 8.63. The lowest BCUT2D eigenvalue weighted by Crippen LogP contribution is -2.38. The van der Waals surface area contributed by atoms with Gasteiger partial charge in [-0.1, -0.05) is 26.2 Å². The van der Waals surface area contributed by atoms with Crippen LogP contribution in [0.5, 0.6) is 0 Å². The molecule has 1 amide bonds. The van der Waals surface area contributed by atoms with Crippen molar-refractivity contribution in [3.8, 4) is 0 Å². The number of aromatic nitrogens is 1. The summed E-state index contributed by atoms with van der Waals surface area (Å²) in [5.74, 6) is -0.484. The van der Waals surface area contributed by atoms with Crippen LogP contribution < -0.4 is 10.9 Å². The van der Waals surface area contributed by atoms with Crippen LogP contribution in [0, 0.1) is 0 Å². The van der Waals surface area contributed by atoms with Gasteiger partial charge in [-0.15, -0.1) is 0 Å². The van der Waals surface area contributed by atoms with Crippen LogP contribution in [-0.4, -0.2) is 57.3 Å². The van der Waals surface area contributed by atoms with Gasteiger partial charge in [-0.25, -0.2) is 0 Å². The molecule has 2 heterocycles. The standard InChI is InChI=1S/C17H26N2O6/c1-2-3-4-5-8-18-15(23)11-7-6-9-19(16(11)24)17-14(22)13(21)12(10-20)25-17/h6-7,9,12-14,17,20-22H,2-5,8,10H2,1H3,(H,18,23)/t12-,13-,14-,17-/m1/s1. The van der Waals surface area contributed by atoms with E-state index in [0.717, 1.165) is 30.3 Å². The Morgan fingerprint density at radius 1 is 1.28 bits per heavy atom. The Morgan fingerprint density at radius 2 is 2.04 bits per heavy atom. The molecule has 0 aliphatic carbocycles. The number of aliphatic hydroxyl groups is 3. The third kappa shape index (κ3) is 4.46. The molecule has 4 N–H and O–H groups in total. The van der Waals surface area contributed by atoms with Crippen LogP contribution >= 0.6 is 0 Å². The number of nitrogens with zero attached hydrogens (tertiary/aromatic N) is 1. The predicted molar refractivity (Wildman–Crippen MR) is 90.2 cm³/mol. The van der Waals surface area contributed by atoms with Gasteiger partial charge in [-0.2, -0.15) is 0 Å². The molecule has 2 rings (SSSR count). The summed E-state index contributed by atoms with van der Waals surface area (Å²) in [6.45, 7) is 2.10. The molecule has 8 nitrogen and oxygen atoms in total. The maximum atomic E-state index is 12.5. The molecule has 4 atom stereocenters. The Hall–Kier alpha value is -1.74. The highest BCUT2D eigenvalue weighted by atomic mass is 16.6. The largest absolute Gasteiger partial charge is 0.394 e. The molecule has 0 spiro atoms. The van der Waals surface area contributed by atoms with Gasteiger partial charge in [0.2, 0.25) is 0 Å². The molecule has 0 radical (unpaired) electrons. The molecule has 1 aromatic heterocycles. The van der Waals surface area contributed by atoms with E-state index in [0.29, 0.717) is 6.54 Å². The average Bonchev–Trinajstić information content (AvgIpc) is 2.89. The molecule has 0 aromatic carbocycles. The lowest BCUT2D eigenvalue weighted by Gasteiger charge is -2.18.